The van der Waals surface area contributed by atoms with Gasteiger partial charge in [-0.2, -0.15) is 5.26 Å². The second kappa shape index (κ2) is 5.98. The van der Waals surface area contributed by atoms with Crippen molar-refractivity contribution in [2.75, 3.05) is 0 Å². The molecule has 2 rings (SSSR count). The van der Waals surface area contributed by atoms with E-state index in [0.717, 1.165) is 0 Å². The zero-order chi connectivity index (χ0) is 14.8. The van der Waals surface area contributed by atoms with Crippen LogP contribution in [0.15, 0.2) is 46.2 Å². The summed E-state index contributed by atoms with van der Waals surface area (Å²) in [5.74, 6) is 0. The largest absolute Gasteiger partial charge is 0.218 e. The van der Waals surface area contributed by atoms with E-state index in [2.05, 4.69) is 0 Å². The Bertz CT molecular complexity index is 800. The van der Waals surface area contributed by atoms with Gasteiger partial charge in [0.25, 0.3) is 0 Å². The van der Waals surface area contributed by atoms with Crippen molar-refractivity contribution >= 4 is 50.5 Å². The smallest absolute Gasteiger partial charge is 0.216 e. The van der Waals surface area contributed by atoms with E-state index in [1.807, 2.05) is 0 Å². The zero-order valence-electron chi connectivity index (χ0n) is 9.88. The Morgan fingerprint density at radius 2 is 1.80 bits per heavy atom. The minimum Gasteiger partial charge on any atom is -0.218 e. The molecule has 0 N–H and O–H groups in total. The molecule has 0 radical (unpaired) electrons. The molecule has 1 aromatic carbocycles. The van der Waals surface area contributed by atoms with E-state index < -0.39 is 9.84 Å². The van der Waals surface area contributed by atoms with Gasteiger partial charge in [-0.25, -0.2) is 8.42 Å². The number of halogens is 2. The summed E-state index contributed by atoms with van der Waals surface area (Å²) in [6.45, 7) is 0. The first-order chi connectivity index (χ1) is 9.43. The fraction of sp³-hybridized carbons (Fsp3) is 0. The minimum atomic E-state index is -3.85. The third-order valence-corrected chi connectivity index (χ3v) is 5.50. The van der Waals surface area contributed by atoms with Crippen LogP contribution in [-0.2, 0) is 9.84 Å². The lowest BCUT2D eigenvalue weighted by Crippen LogP contribution is -2.03. The van der Waals surface area contributed by atoms with Crippen molar-refractivity contribution in [3.63, 3.8) is 0 Å². The van der Waals surface area contributed by atoms with Gasteiger partial charge in [0.05, 0.1) is 9.23 Å². The first-order valence-corrected chi connectivity index (χ1v) is 8.37. The molecular formula is C13H7Cl2NO2S2. The molecule has 0 saturated carbocycles. The predicted octanol–water partition coefficient (Wildman–Crippen LogP) is 4.39. The Labute approximate surface area is 130 Å². The Morgan fingerprint density at radius 3 is 2.30 bits per heavy atom. The maximum absolute atomic E-state index is 12.3. The second-order valence-electron chi connectivity index (χ2n) is 3.72. The van der Waals surface area contributed by atoms with E-state index >= 15 is 0 Å². The van der Waals surface area contributed by atoms with Gasteiger partial charge in [0.15, 0.2) is 4.91 Å². The molecule has 7 heteroatoms. The van der Waals surface area contributed by atoms with Crippen LogP contribution in [0.2, 0.25) is 9.36 Å². The lowest BCUT2D eigenvalue weighted by molar-refractivity contribution is 0.603. The molecule has 0 amide bonds. The standard InChI is InChI=1S/C13H7Cl2NO2S2/c14-9-1-4-11(5-2-9)20(17,18)12(8-16)7-10-3-6-13(15)19-10/h1-7H. The lowest BCUT2D eigenvalue weighted by Gasteiger charge is -2.02. The quantitative estimate of drug-likeness (QED) is 0.776. The average molecular weight is 344 g/mol. The van der Waals surface area contributed by atoms with Crippen LogP contribution in [0, 0.1) is 11.3 Å². The molecule has 2 aromatic rings. The Hall–Kier alpha value is -1.32. The van der Waals surface area contributed by atoms with E-state index in [1.54, 1.807) is 18.2 Å². The minimum absolute atomic E-state index is 0.0253. The van der Waals surface area contributed by atoms with Crippen molar-refractivity contribution in [3.8, 4) is 6.07 Å². The lowest BCUT2D eigenvalue weighted by atomic mass is 10.4. The van der Waals surface area contributed by atoms with E-state index in [9.17, 15) is 8.42 Å². The summed E-state index contributed by atoms with van der Waals surface area (Å²) >= 11 is 12.7. The summed E-state index contributed by atoms with van der Waals surface area (Å²) in [5, 5.41) is 9.52. The van der Waals surface area contributed by atoms with Crippen molar-refractivity contribution in [2.45, 2.75) is 4.90 Å². The van der Waals surface area contributed by atoms with Crippen LogP contribution in [0.4, 0.5) is 0 Å². The summed E-state index contributed by atoms with van der Waals surface area (Å²) in [6.07, 6.45) is 1.31. The molecular weight excluding hydrogens is 337 g/mol. The number of benzene rings is 1. The molecule has 0 fully saturated rings. The highest BCUT2D eigenvalue weighted by Crippen LogP contribution is 2.27. The molecule has 20 heavy (non-hydrogen) atoms. The van der Waals surface area contributed by atoms with Gasteiger partial charge < -0.3 is 0 Å². The SMILES string of the molecule is N#CC(=Cc1ccc(Cl)s1)S(=O)(=O)c1ccc(Cl)cc1. The van der Waals surface area contributed by atoms with Gasteiger partial charge in [-0.15, -0.1) is 11.3 Å². The van der Waals surface area contributed by atoms with Crippen LogP contribution >= 0.6 is 34.5 Å². The van der Waals surface area contributed by atoms with Crippen LogP contribution in [0.1, 0.15) is 4.88 Å². The number of rotatable bonds is 3. The molecule has 1 aromatic heterocycles. The monoisotopic (exact) mass is 343 g/mol. The molecule has 0 bridgehead atoms. The van der Waals surface area contributed by atoms with Crippen molar-refractivity contribution in [1.29, 1.82) is 5.26 Å². The molecule has 0 aliphatic rings. The molecule has 0 unspecified atom stereocenters. The topological polar surface area (TPSA) is 57.9 Å². The fourth-order valence-corrected chi connectivity index (χ4v) is 3.80. The molecule has 102 valence electrons. The summed E-state index contributed by atoms with van der Waals surface area (Å²) in [7, 11) is -3.85. The van der Waals surface area contributed by atoms with Gasteiger partial charge in [0.1, 0.15) is 6.07 Å². The Morgan fingerprint density at radius 1 is 1.15 bits per heavy atom. The zero-order valence-corrected chi connectivity index (χ0v) is 13.0. The molecule has 0 saturated heterocycles. The second-order valence-corrected chi connectivity index (χ2v) is 7.82. The third kappa shape index (κ3) is 3.22. The van der Waals surface area contributed by atoms with Gasteiger partial charge in [0.2, 0.25) is 9.84 Å². The maximum Gasteiger partial charge on any atom is 0.216 e. The fourth-order valence-electron chi connectivity index (χ4n) is 1.45. The summed E-state index contributed by atoms with van der Waals surface area (Å²) in [5.41, 5.74) is 0. The van der Waals surface area contributed by atoms with Gasteiger partial charge in [-0.3, -0.25) is 0 Å². The number of nitriles is 1. The number of sulfone groups is 1. The first kappa shape index (κ1) is 15.1. The summed E-state index contributed by atoms with van der Waals surface area (Å²) in [6, 6.07) is 10.7. The normalized spacial score (nSPS) is 12.2. The molecule has 0 aliphatic heterocycles. The summed E-state index contributed by atoms with van der Waals surface area (Å²) in [4.78, 5) is 0.291. The molecule has 0 atom stereocenters. The Kier molecular flexibility index (Phi) is 4.51. The molecule has 0 spiro atoms. The Balaban J connectivity index is 2.48. The molecule has 0 aliphatic carbocycles. The number of hydrogen-bond acceptors (Lipinski definition) is 4. The van der Waals surface area contributed by atoms with Crippen LogP contribution in [0.25, 0.3) is 6.08 Å². The van der Waals surface area contributed by atoms with E-state index in [0.29, 0.717) is 14.2 Å². The van der Waals surface area contributed by atoms with E-state index in [1.165, 1.54) is 41.7 Å². The maximum atomic E-state index is 12.3. The number of hydrogen-bond donors (Lipinski definition) is 0. The highest BCUT2D eigenvalue weighted by molar-refractivity contribution is 7.95. The van der Waals surface area contributed by atoms with Gasteiger partial charge in [0, 0.05) is 9.90 Å². The molecule has 3 nitrogen and oxygen atoms in total. The number of nitrogens with zero attached hydrogens (tertiary/aromatic N) is 1. The predicted molar refractivity (Wildman–Crippen MR) is 81.6 cm³/mol. The first-order valence-electron chi connectivity index (χ1n) is 5.31. The van der Waals surface area contributed by atoms with Crippen molar-refractivity contribution in [3.05, 3.63) is 55.5 Å². The van der Waals surface area contributed by atoms with Crippen LogP contribution in [-0.4, -0.2) is 8.42 Å². The highest BCUT2D eigenvalue weighted by atomic mass is 35.5. The number of allylic oxidation sites excluding steroid dienone is 1. The van der Waals surface area contributed by atoms with Crippen LogP contribution < -0.4 is 0 Å². The number of thiophene rings is 1. The average Bonchev–Trinajstić information content (AvgIpc) is 2.82. The van der Waals surface area contributed by atoms with Crippen molar-refractivity contribution in [1.82, 2.24) is 0 Å². The van der Waals surface area contributed by atoms with Crippen molar-refractivity contribution in [2.24, 2.45) is 0 Å². The van der Waals surface area contributed by atoms with Gasteiger partial charge in [-0.05, 0) is 42.5 Å². The van der Waals surface area contributed by atoms with Crippen LogP contribution in [0.5, 0.6) is 0 Å². The third-order valence-electron chi connectivity index (χ3n) is 2.39. The van der Waals surface area contributed by atoms with E-state index in [-0.39, 0.29) is 9.80 Å². The summed E-state index contributed by atoms with van der Waals surface area (Å²) < 4.78 is 25.2. The van der Waals surface area contributed by atoms with Gasteiger partial charge >= 0.3 is 0 Å². The molecule has 1 heterocycles. The van der Waals surface area contributed by atoms with Crippen molar-refractivity contribution < 1.29 is 8.42 Å². The van der Waals surface area contributed by atoms with Gasteiger partial charge in [-0.1, -0.05) is 23.2 Å². The van der Waals surface area contributed by atoms with Crippen LogP contribution in [0.3, 0.4) is 0 Å². The highest BCUT2D eigenvalue weighted by Gasteiger charge is 2.20. The van der Waals surface area contributed by atoms with E-state index in [4.69, 9.17) is 28.5 Å².